The molecular formula is C26H19F3N2O4. The largest absolute Gasteiger partial charge is 0.481 e. The number of fused-ring (bicyclic) bond motifs is 3. The van der Waals surface area contributed by atoms with E-state index in [9.17, 15) is 23.1 Å². The lowest BCUT2D eigenvalue weighted by Gasteiger charge is -2.13. The third-order valence-electron chi connectivity index (χ3n) is 5.80. The van der Waals surface area contributed by atoms with Gasteiger partial charge in [-0.15, -0.1) is 0 Å². The number of aromatic carboxylic acids is 1. The number of carbonyl (C=O) groups is 1. The average Bonchev–Trinajstić information content (AvgIpc) is 3.36. The number of pyridine rings is 1. The molecule has 0 aliphatic carbocycles. The molecule has 1 unspecified atom stereocenters. The number of benzene rings is 2. The number of ether oxygens (including phenoxy) is 1. The molecule has 0 saturated carbocycles. The van der Waals surface area contributed by atoms with Gasteiger partial charge in [0.1, 0.15) is 5.75 Å². The van der Waals surface area contributed by atoms with Crippen molar-refractivity contribution in [3.8, 4) is 17.2 Å². The fourth-order valence-electron chi connectivity index (χ4n) is 4.18. The van der Waals surface area contributed by atoms with Gasteiger partial charge in [-0.25, -0.2) is 9.78 Å². The molecular weight excluding hydrogens is 461 g/mol. The second-order valence-electron chi connectivity index (χ2n) is 8.12. The minimum atomic E-state index is -4.42. The molecule has 1 atom stereocenters. The number of nitrogens with zero attached hydrogens (tertiary/aromatic N) is 2. The molecule has 6 nitrogen and oxygen atoms in total. The molecule has 1 N–H and O–H groups in total. The van der Waals surface area contributed by atoms with Crippen molar-refractivity contribution in [1.82, 2.24) is 9.38 Å². The van der Waals surface area contributed by atoms with Crippen LogP contribution in [0, 0.1) is 6.92 Å². The van der Waals surface area contributed by atoms with Crippen LogP contribution < -0.4 is 4.74 Å². The topological polar surface area (TPSA) is 77.0 Å². The average molecular weight is 480 g/mol. The summed E-state index contributed by atoms with van der Waals surface area (Å²) in [7, 11) is 0. The molecule has 0 bridgehead atoms. The zero-order valence-electron chi connectivity index (χ0n) is 18.6. The van der Waals surface area contributed by atoms with Crippen LogP contribution in [0.5, 0.6) is 5.75 Å². The molecule has 5 aromatic rings. The van der Waals surface area contributed by atoms with Gasteiger partial charge in [-0.05, 0) is 56.3 Å². The van der Waals surface area contributed by atoms with E-state index in [-0.39, 0.29) is 11.5 Å². The van der Waals surface area contributed by atoms with E-state index in [0.717, 1.165) is 17.6 Å². The van der Waals surface area contributed by atoms with Crippen molar-refractivity contribution in [2.75, 3.05) is 0 Å². The molecule has 0 saturated heterocycles. The normalized spacial score (nSPS) is 12.8. The summed E-state index contributed by atoms with van der Waals surface area (Å²) in [6.45, 7) is 3.50. The third-order valence-corrected chi connectivity index (χ3v) is 5.80. The maximum absolute atomic E-state index is 12.8. The van der Waals surface area contributed by atoms with Crippen molar-refractivity contribution >= 4 is 22.4 Å². The number of para-hydroxylation sites is 1. The summed E-state index contributed by atoms with van der Waals surface area (Å²) in [6, 6.07) is 15.2. The Kier molecular flexibility index (Phi) is 5.27. The summed E-state index contributed by atoms with van der Waals surface area (Å²) < 4.78 is 52.2. The molecule has 9 heteroatoms. The van der Waals surface area contributed by atoms with Crippen LogP contribution in [0.3, 0.4) is 0 Å². The van der Waals surface area contributed by atoms with Crippen LogP contribution in [0.1, 0.15) is 40.4 Å². The summed E-state index contributed by atoms with van der Waals surface area (Å²) in [6.07, 6.45) is -3.28. The Labute approximate surface area is 197 Å². The van der Waals surface area contributed by atoms with Gasteiger partial charge >= 0.3 is 12.1 Å². The smallest absolute Gasteiger partial charge is 0.416 e. The molecule has 0 aliphatic heterocycles. The van der Waals surface area contributed by atoms with Crippen LogP contribution in [0.25, 0.3) is 27.9 Å². The SMILES string of the molecule is Cc1nc(-c2ccc(C(F)(F)F)cc2)oc1C(C)Oc1ccc2c(C(=O)O)c3ccccc3n2c1. The van der Waals surface area contributed by atoms with E-state index in [0.29, 0.717) is 33.7 Å². The van der Waals surface area contributed by atoms with Crippen molar-refractivity contribution in [1.29, 1.82) is 0 Å². The summed E-state index contributed by atoms with van der Waals surface area (Å²) in [4.78, 5) is 16.2. The maximum Gasteiger partial charge on any atom is 0.416 e. The first-order valence-corrected chi connectivity index (χ1v) is 10.7. The highest BCUT2D eigenvalue weighted by Crippen LogP contribution is 2.34. The lowest BCUT2D eigenvalue weighted by Crippen LogP contribution is -2.04. The van der Waals surface area contributed by atoms with Crippen molar-refractivity contribution < 1.29 is 32.2 Å². The molecule has 0 amide bonds. The summed E-state index contributed by atoms with van der Waals surface area (Å²) in [5.74, 6) is 0.0941. The summed E-state index contributed by atoms with van der Waals surface area (Å²) in [5.41, 5.74) is 1.71. The minimum absolute atomic E-state index is 0.194. The van der Waals surface area contributed by atoms with Crippen molar-refractivity contribution in [3.63, 3.8) is 0 Å². The molecule has 5 rings (SSSR count). The number of alkyl halides is 3. The number of hydrogen-bond acceptors (Lipinski definition) is 4. The summed E-state index contributed by atoms with van der Waals surface area (Å²) in [5, 5.41) is 10.3. The molecule has 3 heterocycles. The number of rotatable bonds is 5. The first-order chi connectivity index (χ1) is 16.6. The van der Waals surface area contributed by atoms with Gasteiger partial charge in [0.2, 0.25) is 5.89 Å². The van der Waals surface area contributed by atoms with Crippen LogP contribution in [-0.4, -0.2) is 20.5 Å². The predicted octanol–water partition coefficient (Wildman–Crippen LogP) is 6.91. The van der Waals surface area contributed by atoms with Crippen LogP contribution in [0.15, 0.2) is 71.3 Å². The molecule has 0 radical (unpaired) electrons. The van der Waals surface area contributed by atoms with E-state index in [2.05, 4.69) is 4.98 Å². The number of aryl methyl sites for hydroxylation is 1. The van der Waals surface area contributed by atoms with Crippen LogP contribution in [0.4, 0.5) is 13.2 Å². The van der Waals surface area contributed by atoms with Crippen molar-refractivity contribution in [2.45, 2.75) is 26.1 Å². The molecule has 178 valence electrons. The van der Waals surface area contributed by atoms with Gasteiger partial charge in [0.05, 0.1) is 34.1 Å². The lowest BCUT2D eigenvalue weighted by molar-refractivity contribution is -0.137. The predicted molar refractivity (Wildman–Crippen MR) is 123 cm³/mol. The van der Waals surface area contributed by atoms with E-state index >= 15 is 0 Å². The Balaban J connectivity index is 1.45. The quantitative estimate of drug-likeness (QED) is 0.296. The van der Waals surface area contributed by atoms with Gasteiger partial charge in [0, 0.05) is 10.9 Å². The van der Waals surface area contributed by atoms with Crippen LogP contribution in [-0.2, 0) is 6.18 Å². The van der Waals surface area contributed by atoms with E-state index in [1.807, 2.05) is 12.1 Å². The zero-order chi connectivity index (χ0) is 24.9. The number of hydrogen-bond donors (Lipinski definition) is 1. The monoisotopic (exact) mass is 480 g/mol. The second-order valence-corrected chi connectivity index (χ2v) is 8.12. The first kappa shape index (κ1) is 22.5. The Morgan fingerprint density at radius 3 is 2.46 bits per heavy atom. The molecule has 0 spiro atoms. The molecule has 3 aromatic heterocycles. The highest BCUT2D eigenvalue weighted by atomic mass is 19.4. The van der Waals surface area contributed by atoms with Gasteiger partial charge in [-0.3, -0.25) is 0 Å². The molecule has 2 aromatic carbocycles. The summed E-state index contributed by atoms with van der Waals surface area (Å²) >= 11 is 0. The maximum atomic E-state index is 12.8. The van der Waals surface area contributed by atoms with Crippen LogP contribution in [0.2, 0.25) is 0 Å². The Morgan fingerprint density at radius 2 is 1.77 bits per heavy atom. The van der Waals surface area contributed by atoms with Gasteiger partial charge in [0.15, 0.2) is 11.9 Å². The van der Waals surface area contributed by atoms with Gasteiger partial charge in [-0.1, -0.05) is 18.2 Å². The number of carboxylic acid groups (broad SMARTS) is 1. The van der Waals surface area contributed by atoms with Gasteiger partial charge < -0.3 is 18.7 Å². The standard InChI is InChI=1S/C26H19F3N2O4/c1-14-23(35-24(30-14)16-7-9-17(10-8-16)26(27,28)29)15(2)34-18-11-12-21-22(25(32)33)19-5-3-4-6-20(19)31(21)13-18/h3-13,15H,1-2H3,(H,32,33). The van der Waals surface area contributed by atoms with E-state index < -0.39 is 23.8 Å². The van der Waals surface area contributed by atoms with Gasteiger partial charge in [-0.2, -0.15) is 13.2 Å². The Morgan fingerprint density at radius 1 is 1.06 bits per heavy atom. The number of aromatic nitrogens is 2. The fourth-order valence-corrected chi connectivity index (χ4v) is 4.18. The molecule has 0 fully saturated rings. The first-order valence-electron chi connectivity index (χ1n) is 10.7. The van der Waals surface area contributed by atoms with E-state index in [1.165, 1.54) is 12.1 Å². The lowest BCUT2D eigenvalue weighted by atomic mass is 10.1. The zero-order valence-corrected chi connectivity index (χ0v) is 18.6. The Bertz CT molecular complexity index is 1570. The second kappa shape index (κ2) is 8.19. The van der Waals surface area contributed by atoms with Crippen molar-refractivity contribution in [2.24, 2.45) is 0 Å². The minimum Gasteiger partial charge on any atom is -0.481 e. The molecule has 0 aliphatic rings. The highest BCUT2D eigenvalue weighted by Gasteiger charge is 2.30. The van der Waals surface area contributed by atoms with Crippen molar-refractivity contribution in [3.05, 3.63) is 89.4 Å². The van der Waals surface area contributed by atoms with Gasteiger partial charge in [0.25, 0.3) is 0 Å². The van der Waals surface area contributed by atoms with Crippen LogP contribution >= 0.6 is 0 Å². The molecule has 35 heavy (non-hydrogen) atoms. The van der Waals surface area contributed by atoms with E-state index in [1.54, 1.807) is 48.7 Å². The number of carboxylic acids is 1. The number of oxazole rings is 1. The fraction of sp³-hybridized carbons (Fsp3) is 0.154. The number of halogens is 3. The third kappa shape index (κ3) is 3.99. The van der Waals surface area contributed by atoms with E-state index in [4.69, 9.17) is 9.15 Å². The Hall–Kier alpha value is -4.27. The highest BCUT2D eigenvalue weighted by molar-refractivity contribution is 6.11.